The van der Waals surface area contributed by atoms with Crippen LogP contribution < -0.4 is 0 Å². The monoisotopic (exact) mass is 324 g/mol. The summed E-state index contributed by atoms with van der Waals surface area (Å²) in [6.07, 6.45) is 0.949. The van der Waals surface area contributed by atoms with E-state index in [0.717, 1.165) is 12.1 Å². The van der Waals surface area contributed by atoms with Crippen LogP contribution in [0, 0.1) is 15.9 Å². The van der Waals surface area contributed by atoms with Crippen molar-refractivity contribution in [2.24, 2.45) is 0 Å². The average molecular weight is 324 g/mol. The third-order valence-corrected chi connectivity index (χ3v) is 3.72. The number of carbonyl (C=O) groups is 2. The quantitative estimate of drug-likeness (QED) is 0.468. The van der Waals surface area contributed by atoms with Crippen LogP contribution in [-0.4, -0.2) is 40.9 Å². The van der Waals surface area contributed by atoms with Gasteiger partial charge < -0.3 is 9.64 Å². The molecule has 1 amide bonds. The summed E-state index contributed by atoms with van der Waals surface area (Å²) < 4.78 is 18.8. The summed E-state index contributed by atoms with van der Waals surface area (Å²) in [5, 5.41) is 10.6. The third-order valence-electron chi connectivity index (χ3n) is 3.72. The lowest BCUT2D eigenvalue weighted by molar-refractivity contribution is -0.385. The highest BCUT2D eigenvalue weighted by atomic mass is 19.1. The topological polar surface area (TPSA) is 89.8 Å². The maximum Gasteiger partial charge on any atom is 0.328 e. The van der Waals surface area contributed by atoms with Crippen molar-refractivity contribution >= 4 is 17.6 Å². The molecule has 0 saturated carbocycles. The number of carbonyl (C=O) groups excluding carboxylic acids is 2. The number of hydrogen-bond donors (Lipinski definition) is 0. The second-order valence-corrected chi connectivity index (χ2v) is 5.21. The molecule has 0 unspecified atom stereocenters. The molecule has 8 heteroatoms. The number of rotatable bonds is 5. The minimum absolute atomic E-state index is 0.0649. The Kier molecular flexibility index (Phi) is 5.25. The number of amides is 1. The number of likely N-dealkylation sites (tertiary alicyclic amines) is 1. The van der Waals surface area contributed by atoms with Gasteiger partial charge in [0.2, 0.25) is 5.91 Å². The fourth-order valence-corrected chi connectivity index (χ4v) is 2.61. The predicted molar refractivity (Wildman–Crippen MR) is 78.1 cm³/mol. The van der Waals surface area contributed by atoms with Crippen LogP contribution in [0.25, 0.3) is 0 Å². The van der Waals surface area contributed by atoms with Gasteiger partial charge in [-0.05, 0) is 31.4 Å². The van der Waals surface area contributed by atoms with Crippen LogP contribution in [0.15, 0.2) is 18.2 Å². The third kappa shape index (κ3) is 3.82. The normalized spacial score (nSPS) is 17.1. The Balaban J connectivity index is 2.09. The average Bonchev–Trinajstić information content (AvgIpc) is 2.99. The van der Waals surface area contributed by atoms with Crippen LogP contribution in [0.2, 0.25) is 0 Å². The van der Waals surface area contributed by atoms with Crippen molar-refractivity contribution in [1.29, 1.82) is 0 Å². The fourth-order valence-electron chi connectivity index (χ4n) is 2.61. The van der Waals surface area contributed by atoms with E-state index in [1.165, 1.54) is 11.0 Å². The van der Waals surface area contributed by atoms with Gasteiger partial charge in [-0.1, -0.05) is 0 Å². The van der Waals surface area contributed by atoms with Gasteiger partial charge in [0.1, 0.15) is 11.9 Å². The van der Waals surface area contributed by atoms with E-state index in [0.29, 0.717) is 19.4 Å². The fraction of sp³-hybridized carbons (Fsp3) is 0.467. The Labute approximate surface area is 132 Å². The Morgan fingerprint density at radius 2 is 2.22 bits per heavy atom. The van der Waals surface area contributed by atoms with Crippen molar-refractivity contribution in [1.82, 2.24) is 4.90 Å². The summed E-state index contributed by atoms with van der Waals surface area (Å²) >= 11 is 0. The van der Waals surface area contributed by atoms with E-state index in [-0.39, 0.29) is 24.3 Å². The zero-order chi connectivity index (χ0) is 17.0. The minimum atomic E-state index is -0.806. The summed E-state index contributed by atoms with van der Waals surface area (Å²) in [7, 11) is 0. The second kappa shape index (κ2) is 7.17. The van der Waals surface area contributed by atoms with Gasteiger partial charge >= 0.3 is 5.97 Å². The number of non-ortho nitro benzene ring substituents is 1. The van der Waals surface area contributed by atoms with Crippen molar-refractivity contribution in [3.05, 3.63) is 39.7 Å². The number of esters is 1. The van der Waals surface area contributed by atoms with Crippen LogP contribution in [0.1, 0.15) is 25.3 Å². The van der Waals surface area contributed by atoms with E-state index < -0.39 is 28.7 Å². The molecule has 1 saturated heterocycles. The van der Waals surface area contributed by atoms with Crippen LogP contribution >= 0.6 is 0 Å². The Morgan fingerprint density at radius 3 is 2.83 bits per heavy atom. The molecule has 23 heavy (non-hydrogen) atoms. The van der Waals surface area contributed by atoms with Crippen molar-refractivity contribution in [2.45, 2.75) is 32.2 Å². The Morgan fingerprint density at radius 1 is 1.48 bits per heavy atom. The molecule has 0 N–H and O–H groups in total. The first-order valence-corrected chi connectivity index (χ1v) is 7.33. The van der Waals surface area contributed by atoms with Gasteiger partial charge in [-0.25, -0.2) is 9.18 Å². The molecule has 0 aromatic heterocycles. The lowest BCUT2D eigenvalue weighted by atomic mass is 10.1. The zero-order valence-electron chi connectivity index (χ0n) is 12.7. The van der Waals surface area contributed by atoms with E-state index in [9.17, 15) is 24.1 Å². The summed E-state index contributed by atoms with van der Waals surface area (Å²) in [5.41, 5.74) is -0.306. The predicted octanol–water partition coefficient (Wildman–Crippen LogP) is 1.83. The standard InChI is InChI=1S/C15H17FN2O5/c1-2-23-15(20)13-4-3-7-17(13)14(19)8-10-5-6-11(18(21)22)9-12(10)16/h5-6,9,13H,2-4,7-8H2,1H3/t13-/m1/s1. The summed E-state index contributed by atoms with van der Waals surface area (Å²) in [6, 6.07) is 2.53. The van der Waals surface area contributed by atoms with E-state index in [1.807, 2.05) is 0 Å². The van der Waals surface area contributed by atoms with Crippen molar-refractivity contribution in [3.63, 3.8) is 0 Å². The number of nitro groups is 1. The highest BCUT2D eigenvalue weighted by Gasteiger charge is 2.35. The number of nitro benzene ring substituents is 1. The van der Waals surface area contributed by atoms with Crippen molar-refractivity contribution < 1.29 is 23.6 Å². The van der Waals surface area contributed by atoms with Gasteiger partial charge in [0, 0.05) is 12.6 Å². The van der Waals surface area contributed by atoms with Gasteiger partial charge in [-0.15, -0.1) is 0 Å². The van der Waals surface area contributed by atoms with Gasteiger partial charge in [-0.3, -0.25) is 14.9 Å². The van der Waals surface area contributed by atoms with Crippen molar-refractivity contribution in [2.75, 3.05) is 13.2 Å². The number of ether oxygens (including phenoxy) is 1. The summed E-state index contributed by atoms with van der Waals surface area (Å²) in [4.78, 5) is 35.4. The van der Waals surface area contributed by atoms with Crippen LogP contribution in [0.5, 0.6) is 0 Å². The van der Waals surface area contributed by atoms with Crippen LogP contribution in [-0.2, 0) is 20.7 Å². The summed E-state index contributed by atoms with van der Waals surface area (Å²) in [6.45, 7) is 2.33. The van der Waals surface area contributed by atoms with Gasteiger partial charge in [0.15, 0.2) is 0 Å². The highest BCUT2D eigenvalue weighted by molar-refractivity contribution is 5.86. The molecular formula is C15H17FN2O5. The molecule has 0 radical (unpaired) electrons. The molecule has 2 rings (SSSR count). The molecule has 1 aromatic rings. The maximum atomic E-state index is 13.9. The zero-order valence-corrected chi connectivity index (χ0v) is 12.7. The number of halogens is 1. The molecule has 1 aliphatic rings. The number of nitrogens with zero attached hydrogens (tertiary/aromatic N) is 2. The SMILES string of the molecule is CCOC(=O)[C@H]1CCCN1C(=O)Cc1ccc([N+](=O)[O-])cc1F. The molecule has 1 atom stereocenters. The van der Waals surface area contributed by atoms with E-state index in [1.54, 1.807) is 6.92 Å². The molecule has 0 bridgehead atoms. The largest absolute Gasteiger partial charge is 0.464 e. The molecule has 0 aliphatic carbocycles. The van der Waals surface area contributed by atoms with Gasteiger partial charge in [0.05, 0.1) is 24.0 Å². The molecular weight excluding hydrogens is 307 g/mol. The first-order valence-electron chi connectivity index (χ1n) is 7.33. The molecule has 7 nitrogen and oxygen atoms in total. The number of hydrogen-bond acceptors (Lipinski definition) is 5. The van der Waals surface area contributed by atoms with Gasteiger partial charge in [-0.2, -0.15) is 0 Å². The molecule has 0 spiro atoms. The van der Waals surface area contributed by atoms with Gasteiger partial charge in [0.25, 0.3) is 5.69 Å². The molecule has 124 valence electrons. The minimum Gasteiger partial charge on any atom is -0.464 e. The molecule has 1 aromatic carbocycles. The highest BCUT2D eigenvalue weighted by Crippen LogP contribution is 2.22. The smallest absolute Gasteiger partial charge is 0.328 e. The van der Waals surface area contributed by atoms with Crippen molar-refractivity contribution in [3.8, 4) is 0 Å². The molecule has 1 fully saturated rings. The lowest BCUT2D eigenvalue weighted by Crippen LogP contribution is -2.42. The molecule has 1 heterocycles. The first kappa shape index (κ1) is 16.9. The Hall–Kier alpha value is -2.51. The lowest BCUT2D eigenvalue weighted by Gasteiger charge is -2.23. The van der Waals surface area contributed by atoms with E-state index in [4.69, 9.17) is 4.74 Å². The number of benzene rings is 1. The van der Waals surface area contributed by atoms with Crippen LogP contribution in [0.4, 0.5) is 10.1 Å². The first-order chi connectivity index (χ1) is 10.9. The summed E-state index contributed by atoms with van der Waals surface area (Å²) in [5.74, 6) is -1.66. The second-order valence-electron chi connectivity index (χ2n) is 5.21. The van der Waals surface area contributed by atoms with E-state index in [2.05, 4.69) is 0 Å². The maximum absolute atomic E-state index is 13.9. The Bertz CT molecular complexity index is 634. The van der Waals surface area contributed by atoms with Crippen LogP contribution in [0.3, 0.4) is 0 Å². The molecule has 1 aliphatic heterocycles. The van der Waals surface area contributed by atoms with E-state index >= 15 is 0 Å².